The number of piperidine rings is 1. The number of halogens is 3. The molecule has 4 heterocycles. The fraction of sp³-hybridized carbons (Fsp3) is 0.269. The van der Waals surface area contributed by atoms with Crippen LogP contribution >= 0.6 is 0 Å². The molecule has 0 spiro atoms. The van der Waals surface area contributed by atoms with Crippen molar-refractivity contribution < 1.29 is 18.0 Å². The van der Waals surface area contributed by atoms with Crippen LogP contribution in [-0.2, 0) is 13.5 Å². The monoisotopic (exact) mass is 462 g/mol. The zero-order chi connectivity index (χ0) is 23.6. The van der Waals surface area contributed by atoms with Crippen molar-refractivity contribution >= 4 is 16.8 Å². The summed E-state index contributed by atoms with van der Waals surface area (Å²) in [5.74, 6) is -2.07. The lowest BCUT2D eigenvalue weighted by atomic mass is 9.81. The summed E-state index contributed by atoms with van der Waals surface area (Å²) in [6, 6.07) is 9.46. The van der Waals surface area contributed by atoms with Gasteiger partial charge in [0.2, 0.25) is 0 Å². The summed E-state index contributed by atoms with van der Waals surface area (Å²) < 4.78 is 44.3. The third-order valence-corrected chi connectivity index (χ3v) is 6.95. The molecule has 1 saturated heterocycles. The average Bonchev–Trinajstić information content (AvgIpc) is 3.13. The highest BCUT2D eigenvalue weighted by molar-refractivity contribution is 5.98. The Kier molecular flexibility index (Phi) is 4.72. The summed E-state index contributed by atoms with van der Waals surface area (Å²) in [5, 5.41) is 5.27. The SMILES string of the molecule is Cn1nc2c(c1-c1cc(F)cc(F)c1)C[C@H]1CCC[C@@H]2N1C(=O)c1cc(F)c2ncccc2c1. The minimum atomic E-state index is -0.648. The van der Waals surface area contributed by atoms with E-state index in [4.69, 9.17) is 5.10 Å². The van der Waals surface area contributed by atoms with E-state index in [0.29, 0.717) is 23.1 Å². The Bertz CT molecular complexity index is 1440. The van der Waals surface area contributed by atoms with Crippen LogP contribution in [0.5, 0.6) is 0 Å². The molecule has 8 heteroatoms. The zero-order valence-corrected chi connectivity index (χ0v) is 18.4. The molecular weight excluding hydrogens is 441 g/mol. The second-order valence-corrected chi connectivity index (χ2v) is 9.04. The second kappa shape index (κ2) is 7.68. The van der Waals surface area contributed by atoms with Crippen molar-refractivity contribution in [3.05, 3.63) is 82.9 Å². The maximum absolute atomic E-state index is 14.7. The molecule has 1 fully saturated rings. The van der Waals surface area contributed by atoms with E-state index < -0.39 is 17.5 Å². The summed E-state index contributed by atoms with van der Waals surface area (Å²) in [5.41, 5.74) is 3.27. The van der Waals surface area contributed by atoms with Crippen LogP contribution in [0.2, 0.25) is 0 Å². The normalized spacial score (nSPS) is 19.4. The van der Waals surface area contributed by atoms with Gasteiger partial charge in [-0.1, -0.05) is 6.07 Å². The van der Waals surface area contributed by atoms with Gasteiger partial charge in [-0.15, -0.1) is 0 Å². The van der Waals surface area contributed by atoms with Gasteiger partial charge >= 0.3 is 0 Å². The lowest BCUT2D eigenvalue weighted by Gasteiger charge is -2.45. The van der Waals surface area contributed by atoms with Gasteiger partial charge in [0.15, 0.2) is 0 Å². The number of amides is 1. The number of aromatic nitrogens is 3. The molecule has 0 radical (unpaired) electrons. The Morgan fingerprint density at radius 2 is 1.85 bits per heavy atom. The average molecular weight is 462 g/mol. The van der Waals surface area contributed by atoms with Crippen LogP contribution in [-0.4, -0.2) is 31.6 Å². The molecule has 0 N–H and O–H groups in total. The molecule has 172 valence electrons. The van der Waals surface area contributed by atoms with Gasteiger partial charge < -0.3 is 4.90 Å². The van der Waals surface area contributed by atoms with E-state index in [1.807, 2.05) is 4.90 Å². The molecule has 5 nitrogen and oxygen atoms in total. The molecule has 2 aromatic heterocycles. The van der Waals surface area contributed by atoms with Gasteiger partial charge in [-0.2, -0.15) is 5.10 Å². The maximum atomic E-state index is 14.7. The lowest BCUT2D eigenvalue weighted by Crippen LogP contribution is -2.49. The first-order valence-electron chi connectivity index (χ1n) is 11.3. The second-order valence-electron chi connectivity index (χ2n) is 9.04. The van der Waals surface area contributed by atoms with Gasteiger partial charge in [0, 0.05) is 47.4 Å². The van der Waals surface area contributed by atoms with Gasteiger partial charge in [-0.3, -0.25) is 14.5 Å². The van der Waals surface area contributed by atoms with Crippen LogP contribution < -0.4 is 0 Å². The molecule has 4 aromatic rings. The van der Waals surface area contributed by atoms with Crippen LogP contribution in [0, 0.1) is 17.5 Å². The van der Waals surface area contributed by atoms with Crippen LogP contribution in [0.4, 0.5) is 13.2 Å². The first-order chi connectivity index (χ1) is 16.4. The van der Waals surface area contributed by atoms with Crippen LogP contribution in [0.3, 0.4) is 0 Å². The number of fused-ring (bicyclic) bond motifs is 5. The molecule has 6 rings (SSSR count). The van der Waals surface area contributed by atoms with Crippen molar-refractivity contribution in [3.63, 3.8) is 0 Å². The molecule has 2 aliphatic heterocycles. The molecule has 2 aromatic carbocycles. The van der Waals surface area contributed by atoms with Crippen molar-refractivity contribution in [3.8, 4) is 11.3 Å². The van der Waals surface area contributed by atoms with Crippen LogP contribution in [0.1, 0.15) is 46.9 Å². The maximum Gasteiger partial charge on any atom is 0.254 e. The minimum Gasteiger partial charge on any atom is -0.327 e. The predicted octanol–water partition coefficient (Wildman–Crippen LogP) is 5.34. The van der Waals surface area contributed by atoms with Gasteiger partial charge in [0.25, 0.3) is 5.91 Å². The van der Waals surface area contributed by atoms with Crippen LogP contribution in [0.15, 0.2) is 48.7 Å². The van der Waals surface area contributed by atoms with E-state index in [9.17, 15) is 18.0 Å². The molecule has 0 aliphatic carbocycles. The number of nitrogens with zero attached hydrogens (tertiary/aromatic N) is 4. The fourth-order valence-corrected chi connectivity index (χ4v) is 5.62. The number of carbonyl (C=O) groups is 1. The van der Waals surface area contributed by atoms with E-state index in [1.165, 1.54) is 24.4 Å². The van der Waals surface area contributed by atoms with E-state index >= 15 is 0 Å². The Morgan fingerprint density at radius 3 is 2.65 bits per heavy atom. The molecule has 0 unspecified atom stereocenters. The summed E-state index contributed by atoms with van der Waals surface area (Å²) in [7, 11) is 1.75. The van der Waals surface area contributed by atoms with Gasteiger partial charge in [0.1, 0.15) is 23.0 Å². The minimum absolute atomic E-state index is 0.104. The Labute approximate surface area is 193 Å². The summed E-state index contributed by atoms with van der Waals surface area (Å²) in [6.45, 7) is 0. The van der Waals surface area contributed by atoms with E-state index in [0.717, 1.165) is 36.6 Å². The van der Waals surface area contributed by atoms with Gasteiger partial charge in [0.05, 0.1) is 17.4 Å². The van der Waals surface area contributed by atoms with Gasteiger partial charge in [-0.05, 0) is 56.0 Å². The van der Waals surface area contributed by atoms with Crippen LogP contribution in [0.25, 0.3) is 22.2 Å². The smallest absolute Gasteiger partial charge is 0.254 e. The Morgan fingerprint density at radius 1 is 1.06 bits per heavy atom. The van der Waals surface area contributed by atoms with E-state index in [-0.39, 0.29) is 29.1 Å². The molecule has 2 aliphatic rings. The standard InChI is InChI=1S/C26H21F3N4O/c1-32-25(15-9-17(27)12-18(28)10-15)20-13-19-5-2-6-22(24(20)31-32)33(19)26(34)16-8-14-4-3-7-30-23(14)21(29)11-16/h3-4,7-12,19,22H,2,5-6,13H2,1H3/t19-,22+/m1/s1. The number of benzene rings is 2. The molecule has 2 bridgehead atoms. The van der Waals surface area contributed by atoms with Crippen molar-refractivity contribution in [1.29, 1.82) is 0 Å². The summed E-state index contributed by atoms with van der Waals surface area (Å²) in [6.07, 6.45) is 4.50. The molecule has 1 amide bonds. The first kappa shape index (κ1) is 20.9. The Hall–Kier alpha value is -3.68. The highest BCUT2D eigenvalue weighted by atomic mass is 19.1. The molecule has 2 atom stereocenters. The topological polar surface area (TPSA) is 51.0 Å². The number of carbonyl (C=O) groups excluding carboxylic acids is 1. The number of hydrogen-bond donors (Lipinski definition) is 0. The first-order valence-corrected chi connectivity index (χ1v) is 11.3. The zero-order valence-electron chi connectivity index (χ0n) is 18.4. The summed E-state index contributed by atoms with van der Waals surface area (Å²) in [4.78, 5) is 19.6. The number of hydrogen-bond acceptors (Lipinski definition) is 3. The van der Waals surface area contributed by atoms with Crippen molar-refractivity contribution in [1.82, 2.24) is 19.7 Å². The van der Waals surface area contributed by atoms with Crippen molar-refractivity contribution in [2.24, 2.45) is 7.05 Å². The molecular formula is C26H21F3N4O. The highest BCUT2D eigenvalue weighted by Gasteiger charge is 2.43. The predicted molar refractivity (Wildman–Crippen MR) is 121 cm³/mol. The summed E-state index contributed by atoms with van der Waals surface area (Å²) >= 11 is 0. The fourth-order valence-electron chi connectivity index (χ4n) is 5.62. The third-order valence-electron chi connectivity index (χ3n) is 6.95. The number of aryl methyl sites for hydroxylation is 1. The molecule has 0 saturated carbocycles. The van der Waals surface area contributed by atoms with Crippen molar-refractivity contribution in [2.75, 3.05) is 0 Å². The quantitative estimate of drug-likeness (QED) is 0.404. The lowest BCUT2D eigenvalue weighted by molar-refractivity contribution is 0.0391. The highest BCUT2D eigenvalue weighted by Crippen LogP contribution is 2.45. The van der Waals surface area contributed by atoms with E-state index in [1.54, 1.807) is 29.9 Å². The van der Waals surface area contributed by atoms with Gasteiger partial charge in [-0.25, -0.2) is 13.2 Å². The number of rotatable bonds is 2. The third kappa shape index (κ3) is 3.20. The van der Waals surface area contributed by atoms with Crippen molar-refractivity contribution in [2.45, 2.75) is 37.8 Å². The number of pyridine rings is 1. The Balaban J connectivity index is 1.44. The molecule has 34 heavy (non-hydrogen) atoms. The largest absolute Gasteiger partial charge is 0.327 e. The van der Waals surface area contributed by atoms with E-state index in [2.05, 4.69) is 4.98 Å².